The maximum atomic E-state index is 11.6. The third kappa shape index (κ3) is 5.75. The number of aryl methyl sites for hydroxylation is 1. The van der Waals surface area contributed by atoms with Gasteiger partial charge in [-0.1, -0.05) is 19.0 Å². The number of aromatic nitrogens is 1. The van der Waals surface area contributed by atoms with Gasteiger partial charge in [-0.2, -0.15) is 0 Å². The van der Waals surface area contributed by atoms with E-state index in [4.69, 9.17) is 13.7 Å². The third-order valence-corrected chi connectivity index (χ3v) is 3.63. The minimum absolute atomic E-state index is 0. The molecule has 2 aromatic heterocycles. The highest BCUT2D eigenvalue weighted by Crippen LogP contribution is 2.16. The van der Waals surface area contributed by atoms with Crippen LogP contribution in [0.25, 0.3) is 0 Å². The van der Waals surface area contributed by atoms with Crippen molar-refractivity contribution in [3.8, 4) is 0 Å². The predicted molar refractivity (Wildman–Crippen MR) is 108 cm³/mol. The summed E-state index contributed by atoms with van der Waals surface area (Å²) in [5.74, 6) is 2.35. The lowest BCUT2D eigenvalue weighted by Crippen LogP contribution is -2.36. The van der Waals surface area contributed by atoms with Crippen molar-refractivity contribution in [1.82, 2.24) is 15.8 Å². The zero-order valence-corrected chi connectivity index (χ0v) is 17.9. The highest BCUT2D eigenvalue weighted by atomic mass is 127. The number of aliphatic imine (C=N–C) groups is 1. The standard InChI is InChI=1S/C17H24N4O4.HI/c1-10(2)15-7-13(25-21-15)9-20-17(18-4)19-8-12-6-14(11(3)24-12)16(22)23-5;/h6-7,10H,8-9H2,1-5H3,(H2,18,19,20);1H. The number of furan rings is 1. The van der Waals surface area contributed by atoms with Gasteiger partial charge in [0.05, 0.1) is 25.9 Å². The molecule has 8 nitrogen and oxygen atoms in total. The minimum atomic E-state index is -0.415. The number of ether oxygens (including phenoxy) is 1. The van der Waals surface area contributed by atoms with E-state index >= 15 is 0 Å². The van der Waals surface area contributed by atoms with Gasteiger partial charge in [-0.3, -0.25) is 4.99 Å². The van der Waals surface area contributed by atoms with Gasteiger partial charge in [-0.25, -0.2) is 4.79 Å². The number of hydrogen-bond donors (Lipinski definition) is 2. The Balaban J connectivity index is 0.00000338. The first-order valence-corrected chi connectivity index (χ1v) is 8.02. The van der Waals surface area contributed by atoms with E-state index in [0.29, 0.717) is 42.1 Å². The number of carbonyl (C=O) groups is 1. The Morgan fingerprint density at radius 3 is 2.46 bits per heavy atom. The normalized spacial score (nSPS) is 11.2. The number of nitrogens with zero attached hydrogens (tertiary/aromatic N) is 2. The lowest BCUT2D eigenvalue weighted by atomic mass is 10.1. The molecular weight excluding hydrogens is 451 g/mol. The summed E-state index contributed by atoms with van der Waals surface area (Å²) in [5.41, 5.74) is 1.34. The molecule has 0 aliphatic heterocycles. The Labute approximate surface area is 169 Å². The van der Waals surface area contributed by atoms with Gasteiger partial charge in [0.15, 0.2) is 11.7 Å². The average molecular weight is 476 g/mol. The number of guanidine groups is 1. The number of rotatable bonds is 6. The highest BCUT2D eigenvalue weighted by Gasteiger charge is 2.15. The molecule has 0 saturated carbocycles. The van der Waals surface area contributed by atoms with Crippen molar-refractivity contribution >= 4 is 35.9 Å². The van der Waals surface area contributed by atoms with Crippen molar-refractivity contribution in [2.75, 3.05) is 14.2 Å². The Hall–Kier alpha value is -2.04. The van der Waals surface area contributed by atoms with E-state index < -0.39 is 5.97 Å². The number of halogens is 1. The van der Waals surface area contributed by atoms with Crippen LogP contribution in [0.5, 0.6) is 0 Å². The van der Waals surface area contributed by atoms with Crippen molar-refractivity contribution in [3.05, 3.63) is 40.7 Å². The van der Waals surface area contributed by atoms with E-state index in [1.54, 1.807) is 20.0 Å². The van der Waals surface area contributed by atoms with E-state index in [2.05, 4.69) is 34.6 Å². The molecular formula is C17H25IN4O4. The van der Waals surface area contributed by atoms with Gasteiger partial charge in [0.1, 0.15) is 17.1 Å². The van der Waals surface area contributed by atoms with Gasteiger partial charge in [0.25, 0.3) is 0 Å². The van der Waals surface area contributed by atoms with E-state index in [0.717, 1.165) is 11.5 Å². The van der Waals surface area contributed by atoms with Crippen LogP contribution in [0.15, 0.2) is 26.1 Å². The van der Waals surface area contributed by atoms with E-state index in [-0.39, 0.29) is 24.0 Å². The largest absolute Gasteiger partial charge is 0.465 e. The van der Waals surface area contributed by atoms with Gasteiger partial charge in [0, 0.05) is 13.1 Å². The average Bonchev–Trinajstić information content (AvgIpc) is 3.21. The monoisotopic (exact) mass is 476 g/mol. The second-order valence-corrected chi connectivity index (χ2v) is 5.83. The molecule has 0 amide bonds. The Morgan fingerprint density at radius 1 is 1.27 bits per heavy atom. The molecule has 0 bridgehead atoms. The van der Waals surface area contributed by atoms with Gasteiger partial charge in [-0.15, -0.1) is 24.0 Å². The molecule has 0 unspecified atom stereocenters. The number of methoxy groups -OCH3 is 1. The number of nitrogens with one attached hydrogen (secondary N) is 2. The molecule has 0 aliphatic rings. The molecule has 26 heavy (non-hydrogen) atoms. The van der Waals surface area contributed by atoms with Crippen molar-refractivity contribution in [3.63, 3.8) is 0 Å². The maximum absolute atomic E-state index is 11.6. The molecule has 2 heterocycles. The van der Waals surface area contributed by atoms with Crippen LogP contribution < -0.4 is 10.6 Å². The Bertz CT molecular complexity index is 752. The number of hydrogen-bond acceptors (Lipinski definition) is 6. The third-order valence-electron chi connectivity index (χ3n) is 3.63. The molecule has 0 aliphatic carbocycles. The molecule has 0 aromatic carbocycles. The molecule has 0 fully saturated rings. The van der Waals surface area contributed by atoms with Crippen LogP contribution in [0.3, 0.4) is 0 Å². The summed E-state index contributed by atoms with van der Waals surface area (Å²) in [6, 6.07) is 3.58. The molecule has 2 N–H and O–H groups in total. The van der Waals surface area contributed by atoms with E-state index in [1.165, 1.54) is 7.11 Å². The summed E-state index contributed by atoms with van der Waals surface area (Å²) in [4.78, 5) is 15.7. The van der Waals surface area contributed by atoms with Crippen molar-refractivity contribution in [2.24, 2.45) is 4.99 Å². The zero-order valence-electron chi connectivity index (χ0n) is 15.6. The highest BCUT2D eigenvalue weighted by molar-refractivity contribution is 14.0. The van der Waals surface area contributed by atoms with Crippen LogP contribution >= 0.6 is 24.0 Å². The molecule has 9 heteroatoms. The van der Waals surface area contributed by atoms with Gasteiger partial charge in [0.2, 0.25) is 0 Å². The maximum Gasteiger partial charge on any atom is 0.341 e. The molecule has 0 atom stereocenters. The number of esters is 1. The van der Waals surface area contributed by atoms with E-state index in [1.807, 2.05) is 6.07 Å². The quantitative estimate of drug-likeness (QED) is 0.286. The van der Waals surface area contributed by atoms with Gasteiger partial charge >= 0.3 is 5.97 Å². The summed E-state index contributed by atoms with van der Waals surface area (Å²) < 4.78 is 15.5. The molecule has 0 radical (unpaired) electrons. The molecule has 0 spiro atoms. The molecule has 144 valence electrons. The molecule has 2 aromatic rings. The van der Waals surface area contributed by atoms with Crippen LogP contribution in [0.2, 0.25) is 0 Å². The van der Waals surface area contributed by atoms with Crippen LogP contribution in [0.1, 0.15) is 53.1 Å². The summed E-state index contributed by atoms with van der Waals surface area (Å²) in [7, 11) is 3.01. The topological polar surface area (TPSA) is 102 Å². The summed E-state index contributed by atoms with van der Waals surface area (Å²) >= 11 is 0. The second-order valence-electron chi connectivity index (χ2n) is 5.83. The fraction of sp³-hybridized carbons (Fsp3) is 0.471. The summed E-state index contributed by atoms with van der Waals surface area (Å²) in [5, 5.41) is 10.3. The van der Waals surface area contributed by atoms with Gasteiger partial charge < -0.3 is 24.3 Å². The van der Waals surface area contributed by atoms with Gasteiger partial charge in [-0.05, 0) is 18.9 Å². The Kier molecular flexibility index (Phi) is 8.62. The second kappa shape index (κ2) is 10.2. The van der Waals surface area contributed by atoms with Crippen LogP contribution in [-0.4, -0.2) is 31.2 Å². The van der Waals surface area contributed by atoms with Crippen LogP contribution in [0.4, 0.5) is 0 Å². The van der Waals surface area contributed by atoms with Crippen molar-refractivity contribution < 1.29 is 18.5 Å². The smallest absolute Gasteiger partial charge is 0.341 e. The first-order valence-electron chi connectivity index (χ1n) is 8.02. The predicted octanol–water partition coefficient (Wildman–Crippen LogP) is 2.97. The Morgan fingerprint density at radius 2 is 1.92 bits per heavy atom. The lowest BCUT2D eigenvalue weighted by molar-refractivity contribution is 0.0599. The molecule has 2 rings (SSSR count). The fourth-order valence-corrected chi connectivity index (χ4v) is 2.19. The van der Waals surface area contributed by atoms with Crippen LogP contribution in [0, 0.1) is 6.92 Å². The minimum Gasteiger partial charge on any atom is -0.465 e. The fourth-order valence-electron chi connectivity index (χ4n) is 2.19. The lowest BCUT2D eigenvalue weighted by Gasteiger charge is -2.09. The number of carbonyl (C=O) groups excluding carboxylic acids is 1. The zero-order chi connectivity index (χ0) is 18.4. The molecule has 0 saturated heterocycles. The van der Waals surface area contributed by atoms with Crippen molar-refractivity contribution in [1.29, 1.82) is 0 Å². The van der Waals surface area contributed by atoms with Crippen molar-refractivity contribution in [2.45, 2.75) is 39.8 Å². The first kappa shape index (κ1) is 22.0. The SMILES string of the molecule is CN=C(NCc1cc(C(C)C)no1)NCc1cc(C(=O)OC)c(C)o1.I. The van der Waals surface area contributed by atoms with Crippen LogP contribution in [-0.2, 0) is 17.8 Å². The van der Waals surface area contributed by atoms with E-state index in [9.17, 15) is 4.79 Å². The summed E-state index contributed by atoms with van der Waals surface area (Å²) in [6.07, 6.45) is 0. The first-order chi connectivity index (χ1) is 11.9. The summed E-state index contributed by atoms with van der Waals surface area (Å²) in [6.45, 7) is 6.68.